The van der Waals surface area contributed by atoms with Gasteiger partial charge < -0.3 is 5.32 Å². The van der Waals surface area contributed by atoms with Gasteiger partial charge >= 0.3 is 0 Å². The van der Waals surface area contributed by atoms with Crippen molar-refractivity contribution in [1.29, 1.82) is 0 Å². The number of nitrogens with zero attached hydrogens (tertiary/aromatic N) is 4. The van der Waals surface area contributed by atoms with Crippen molar-refractivity contribution in [2.45, 2.75) is 31.2 Å². The Morgan fingerprint density at radius 1 is 1.06 bits per heavy atom. The van der Waals surface area contributed by atoms with Crippen LogP contribution in [0.25, 0.3) is 27.8 Å². The van der Waals surface area contributed by atoms with Crippen molar-refractivity contribution in [3.05, 3.63) is 71.1 Å². The number of benzene rings is 2. The van der Waals surface area contributed by atoms with Crippen LogP contribution in [0.15, 0.2) is 65.1 Å². The molecule has 0 aliphatic heterocycles. The average molecular weight is 460 g/mol. The van der Waals surface area contributed by atoms with Gasteiger partial charge in [0.2, 0.25) is 5.91 Å². The zero-order chi connectivity index (χ0) is 22.2. The van der Waals surface area contributed by atoms with Crippen molar-refractivity contribution >= 4 is 50.7 Å². The number of aromatic nitrogens is 4. The van der Waals surface area contributed by atoms with E-state index in [0.717, 1.165) is 38.9 Å². The number of pyridine rings is 1. The summed E-state index contributed by atoms with van der Waals surface area (Å²) in [7, 11) is 0. The Bertz CT molecular complexity index is 1440. The summed E-state index contributed by atoms with van der Waals surface area (Å²) in [4.78, 5) is 17.4. The van der Waals surface area contributed by atoms with Gasteiger partial charge in [0.25, 0.3) is 0 Å². The molecule has 3 heterocycles. The van der Waals surface area contributed by atoms with Crippen molar-refractivity contribution in [2.75, 3.05) is 5.32 Å². The van der Waals surface area contributed by atoms with Crippen molar-refractivity contribution in [1.82, 2.24) is 19.6 Å². The van der Waals surface area contributed by atoms with Crippen LogP contribution in [0.3, 0.4) is 0 Å². The van der Waals surface area contributed by atoms with Crippen LogP contribution in [0.2, 0.25) is 0 Å². The SMILES string of the molecule is Cc1cc2nnc(SC(C)C(=O)Nc3nc(-c4ccccc4)cs3)n2c2c(C)cccc12. The molecule has 0 aliphatic carbocycles. The molecule has 1 N–H and O–H groups in total. The third-order valence-corrected chi connectivity index (χ3v) is 7.15. The topological polar surface area (TPSA) is 72.2 Å². The van der Waals surface area contributed by atoms with Crippen LogP contribution < -0.4 is 5.32 Å². The number of aryl methyl sites for hydroxylation is 2. The Labute approximate surface area is 193 Å². The lowest BCUT2D eigenvalue weighted by Gasteiger charge is -2.12. The number of hydrogen-bond acceptors (Lipinski definition) is 6. The third kappa shape index (κ3) is 3.76. The van der Waals surface area contributed by atoms with Crippen LogP contribution in [0.1, 0.15) is 18.1 Å². The first-order valence-corrected chi connectivity index (χ1v) is 12.0. The van der Waals surface area contributed by atoms with Gasteiger partial charge in [-0.2, -0.15) is 0 Å². The van der Waals surface area contributed by atoms with E-state index in [1.54, 1.807) is 0 Å². The highest BCUT2D eigenvalue weighted by molar-refractivity contribution is 8.00. The number of fused-ring (bicyclic) bond motifs is 3. The molecule has 160 valence electrons. The van der Waals surface area contributed by atoms with E-state index in [-0.39, 0.29) is 11.2 Å². The maximum absolute atomic E-state index is 12.9. The lowest BCUT2D eigenvalue weighted by molar-refractivity contribution is -0.115. The number of carbonyl (C=O) groups is 1. The number of carbonyl (C=O) groups excluding carboxylic acids is 1. The van der Waals surface area contributed by atoms with Crippen LogP contribution >= 0.6 is 23.1 Å². The van der Waals surface area contributed by atoms with Gasteiger partial charge in [-0.05, 0) is 38.0 Å². The summed E-state index contributed by atoms with van der Waals surface area (Å²) in [5.41, 5.74) is 6.04. The fourth-order valence-electron chi connectivity index (χ4n) is 3.70. The second kappa shape index (κ2) is 8.37. The molecule has 1 atom stereocenters. The van der Waals surface area contributed by atoms with Crippen LogP contribution in [0.4, 0.5) is 5.13 Å². The molecular weight excluding hydrogens is 438 g/mol. The predicted octanol–water partition coefficient (Wildman–Crippen LogP) is 5.74. The summed E-state index contributed by atoms with van der Waals surface area (Å²) < 4.78 is 2.04. The van der Waals surface area contributed by atoms with E-state index < -0.39 is 0 Å². The Morgan fingerprint density at radius 2 is 1.88 bits per heavy atom. The summed E-state index contributed by atoms with van der Waals surface area (Å²) in [6.07, 6.45) is 0. The smallest absolute Gasteiger partial charge is 0.239 e. The van der Waals surface area contributed by atoms with E-state index in [9.17, 15) is 4.79 Å². The maximum atomic E-state index is 12.9. The molecule has 1 amide bonds. The quantitative estimate of drug-likeness (QED) is 0.339. The molecule has 1 unspecified atom stereocenters. The molecule has 2 aromatic carbocycles. The van der Waals surface area contributed by atoms with Gasteiger partial charge in [0.05, 0.1) is 16.5 Å². The predicted molar refractivity (Wildman–Crippen MR) is 131 cm³/mol. The number of rotatable bonds is 5. The number of amides is 1. The number of thiazole rings is 1. The summed E-state index contributed by atoms with van der Waals surface area (Å²) in [5, 5.41) is 15.7. The van der Waals surface area contributed by atoms with E-state index in [2.05, 4.69) is 52.5 Å². The molecule has 0 saturated heterocycles. The number of nitrogens with one attached hydrogen (secondary N) is 1. The lowest BCUT2D eigenvalue weighted by atomic mass is 10.1. The molecule has 0 aliphatic rings. The molecule has 5 rings (SSSR count). The van der Waals surface area contributed by atoms with Gasteiger partial charge in [-0.25, -0.2) is 4.98 Å². The summed E-state index contributed by atoms with van der Waals surface area (Å²) >= 11 is 2.81. The number of anilines is 1. The van der Waals surface area contributed by atoms with E-state index in [0.29, 0.717) is 10.3 Å². The fraction of sp³-hybridized carbons (Fsp3) is 0.167. The molecule has 0 bridgehead atoms. The molecule has 3 aromatic heterocycles. The van der Waals surface area contributed by atoms with Crippen molar-refractivity contribution in [3.8, 4) is 11.3 Å². The van der Waals surface area contributed by atoms with E-state index in [1.165, 1.54) is 23.1 Å². The zero-order valence-corrected chi connectivity index (χ0v) is 19.5. The molecule has 32 heavy (non-hydrogen) atoms. The molecule has 0 saturated carbocycles. The minimum Gasteiger partial charge on any atom is -0.301 e. The third-order valence-electron chi connectivity index (χ3n) is 5.35. The van der Waals surface area contributed by atoms with Gasteiger partial charge in [0, 0.05) is 16.3 Å². The molecule has 6 nitrogen and oxygen atoms in total. The molecule has 8 heteroatoms. The molecule has 0 fully saturated rings. The normalized spacial score (nSPS) is 12.3. The van der Waals surface area contributed by atoms with Gasteiger partial charge in [-0.1, -0.05) is 60.3 Å². The number of para-hydroxylation sites is 1. The largest absolute Gasteiger partial charge is 0.301 e. The van der Waals surface area contributed by atoms with Gasteiger partial charge in [0.1, 0.15) is 0 Å². The van der Waals surface area contributed by atoms with Crippen LogP contribution in [0.5, 0.6) is 0 Å². The van der Waals surface area contributed by atoms with Gasteiger partial charge in [-0.3, -0.25) is 9.20 Å². The monoisotopic (exact) mass is 459 g/mol. The van der Waals surface area contributed by atoms with Crippen LogP contribution in [-0.2, 0) is 4.79 Å². The van der Waals surface area contributed by atoms with Crippen LogP contribution in [0, 0.1) is 13.8 Å². The summed E-state index contributed by atoms with van der Waals surface area (Å²) in [5.74, 6) is -0.117. The molecule has 5 aromatic rings. The highest BCUT2D eigenvalue weighted by atomic mass is 32.2. The highest BCUT2D eigenvalue weighted by Gasteiger charge is 2.21. The molecular formula is C24H21N5OS2. The summed E-state index contributed by atoms with van der Waals surface area (Å²) in [6.45, 7) is 6.03. The number of thioether (sulfide) groups is 1. The Morgan fingerprint density at radius 3 is 2.69 bits per heavy atom. The second-order valence-corrected chi connectivity index (χ2v) is 9.79. The van der Waals surface area contributed by atoms with Crippen molar-refractivity contribution in [3.63, 3.8) is 0 Å². The average Bonchev–Trinajstić information content (AvgIpc) is 3.42. The lowest BCUT2D eigenvalue weighted by Crippen LogP contribution is -2.22. The Balaban J connectivity index is 1.39. The zero-order valence-electron chi connectivity index (χ0n) is 17.9. The van der Waals surface area contributed by atoms with E-state index in [1.807, 2.05) is 53.1 Å². The Kier molecular flexibility index (Phi) is 5.40. The first kappa shape index (κ1) is 20.7. The van der Waals surface area contributed by atoms with E-state index in [4.69, 9.17) is 0 Å². The van der Waals surface area contributed by atoms with Crippen molar-refractivity contribution in [2.24, 2.45) is 0 Å². The van der Waals surface area contributed by atoms with Crippen molar-refractivity contribution < 1.29 is 4.79 Å². The standard InChI is InChI=1S/C24H21N5OS2/c1-14-8-7-11-18-15(2)12-20-27-28-24(29(20)21(14)18)32-16(3)22(30)26-23-25-19(13-31-23)17-9-5-4-6-10-17/h4-13,16H,1-3H3,(H,25,26,30). The van der Waals surface area contributed by atoms with E-state index >= 15 is 0 Å². The minimum absolute atomic E-state index is 0.117. The number of hydrogen-bond donors (Lipinski definition) is 1. The fourth-order valence-corrected chi connectivity index (χ4v) is 5.28. The summed E-state index contributed by atoms with van der Waals surface area (Å²) in [6, 6.07) is 18.2. The minimum atomic E-state index is -0.369. The highest BCUT2D eigenvalue weighted by Crippen LogP contribution is 2.30. The van der Waals surface area contributed by atoms with Crippen LogP contribution in [-0.4, -0.2) is 30.7 Å². The first-order valence-electron chi connectivity index (χ1n) is 10.2. The first-order chi connectivity index (χ1) is 15.5. The molecule has 0 spiro atoms. The Hall–Kier alpha value is -3.23. The van der Waals surface area contributed by atoms with Gasteiger partial charge in [-0.15, -0.1) is 21.5 Å². The maximum Gasteiger partial charge on any atom is 0.239 e. The second-order valence-electron chi connectivity index (χ2n) is 7.63. The van der Waals surface area contributed by atoms with Gasteiger partial charge in [0.15, 0.2) is 15.9 Å². The molecule has 0 radical (unpaired) electrons.